The summed E-state index contributed by atoms with van der Waals surface area (Å²) in [5, 5.41) is 0. The molecule has 5 atom stereocenters. The minimum Gasteiger partial charge on any atom is -0.464 e. The zero-order valence-electron chi connectivity index (χ0n) is 13.7. The van der Waals surface area contributed by atoms with E-state index < -0.39 is 29.8 Å². The van der Waals surface area contributed by atoms with Gasteiger partial charge in [0.05, 0.1) is 12.7 Å². The van der Waals surface area contributed by atoms with Crippen molar-refractivity contribution in [3.05, 3.63) is 0 Å². The Bertz CT molecular complexity index is 436. The van der Waals surface area contributed by atoms with Crippen LogP contribution in [0.15, 0.2) is 0 Å². The van der Waals surface area contributed by atoms with Gasteiger partial charge in [0.15, 0.2) is 12.1 Å². The van der Waals surface area contributed by atoms with Gasteiger partial charge in [-0.15, -0.1) is 0 Å². The standard InChI is InChI=1S/C15H24O7/c1-6-19-13(17)12-15(22-14(3,4)21-12)9(2)7-10(18-5)11(8-16)20-15/h8-12H,6-7H2,1-5H3/t9-,10+,11-,12+,15+/m1/s1. The summed E-state index contributed by atoms with van der Waals surface area (Å²) in [7, 11) is 1.52. The largest absolute Gasteiger partial charge is 0.464 e. The Morgan fingerprint density at radius 3 is 2.59 bits per heavy atom. The third kappa shape index (κ3) is 2.90. The second kappa shape index (κ2) is 6.23. The van der Waals surface area contributed by atoms with E-state index in [9.17, 15) is 9.59 Å². The van der Waals surface area contributed by atoms with E-state index in [1.807, 2.05) is 6.92 Å². The Morgan fingerprint density at radius 1 is 1.36 bits per heavy atom. The Kier molecular flexibility index (Phi) is 4.91. The second-order valence-electron chi connectivity index (χ2n) is 6.10. The van der Waals surface area contributed by atoms with Gasteiger partial charge in [0.1, 0.15) is 6.10 Å². The lowest BCUT2D eigenvalue weighted by molar-refractivity contribution is -0.322. The van der Waals surface area contributed by atoms with Crippen molar-refractivity contribution in [2.45, 2.75) is 64.0 Å². The number of methoxy groups -OCH3 is 1. The Morgan fingerprint density at radius 2 is 2.05 bits per heavy atom. The highest BCUT2D eigenvalue weighted by atomic mass is 16.9. The Labute approximate surface area is 130 Å². The highest BCUT2D eigenvalue weighted by Crippen LogP contribution is 2.47. The van der Waals surface area contributed by atoms with Crippen LogP contribution in [0.5, 0.6) is 0 Å². The fraction of sp³-hybridized carbons (Fsp3) is 0.867. The second-order valence-corrected chi connectivity index (χ2v) is 6.10. The molecule has 7 heteroatoms. The minimum absolute atomic E-state index is 0.218. The molecular formula is C15H24O7. The van der Waals surface area contributed by atoms with E-state index in [1.54, 1.807) is 20.8 Å². The fourth-order valence-electron chi connectivity index (χ4n) is 3.10. The van der Waals surface area contributed by atoms with Crippen LogP contribution in [0.4, 0.5) is 0 Å². The molecule has 0 N–H and O–H groups in total. The average Bonchev–Trinajstić information content (AvgIpc) is 2.74. The molecule has 2 saturated heterocycles. The van der Waals surface area contributed by atoms with Gasteiger partial charge in [0, 0.05) is 13.0 Å². The molecule has 0 saturated carbocycles. The first-order valence-electron chi connectivity index (χ1n) is 7.50. The van der Waals surface area contributed by atoms with Crippen molar-refractivity contribution in [2.24, 2.45) is 5.92 Å². The highest BCUT2D eigenvalue weighted by Gasteiger charge is 2.64. The maximum Gasteiger partial charge on any atom is 0.341 e. The number of aldehydes is 1. The van der Waals surface area contributed by atoms with Gasteiger partial charge in [0.25, 0.3) is 0 Å². The lowest BCUT2D eigenvalue weighted by Gasteiger charge is -2.45. The summed E-state index contributed by atoms with van der Waals surface area (Å²) in [4.78, 5) is 23.6. The maximum absolute atomic E-state index is 12.3. The van der Waals surface area contributed by atoms with E-state index in [-0.39, 0.29) is 18.6 Å². The van der Waals surface area contributed by atoms with Gasteiger partial charge in [-0.2, -0.15) is 0 Å². The van der Waals surface area contributed by atoms with E-state index in [0.29, 0.717) is 12.7 Å². The highest BCUT2D eigenvalue weighted by molar-refractivity contribution is 5.76. The molecule has 7 nitrogen and oxygen atoms in total. The molecule has 2 heterocycles. The average molecular weight is 316 g/mol. The smallest absolute Gasteiger partial charge is 0.341 e. The van der Waals surface area contributed by atoms with E-state index >= 15 is 0 Å². The van der Waals surface area contributed by atoms with Crippen LogP contribution in [-0.4, -0.2) is 55.9 Å². The van der Waals surface area contributed by atoms with Gasteiger partial charge in [-0.05, 0) is 27.2 Å². The predicted octanol–water partition coefficient (Wildman–Crippen LogP) is 1.04. The molecule has 2 fully saturated rings. The zero-order chi connectivity index (χ0) is 16.5. The number of hydrogen-bond donors (Lipinski definition) is 0. The molecule has 0 unspecified atom stereocenters. The fourth-order valence-corrected chi connectivity index (χ4v) is 3.10. The van der Waals surface area contributed by atoms with Gasteiger partial charge in [-0.1, -0.05) is 6.92 Å². The number of hydrogen-bond acceptors (Lipinski definition) is 7. The van der Waals surface area contributed by atoms with Gasteiger partial charge in [-0.25, -0.2) is 4.79 Å². The quantitative estimate of drug-likeness (QED) is 0.566. The summed E-state index contributed by atoms with van der Waals surface area (Å²) < 4.78 is 27.9. The Balaban J connectivity index is 2.34. The molecule has 2 aliphatic heterocycles. The van der Waals surface area contributed by atoms with E-state index in [1.165, 1.54) is 7.11 Å². The summed E-state index contributed by atoms with van der Waals surface area (Å²) in [5.74, 6) is -3.14. The lowest BCUT2D eigenvalue weighted by atomic mass is 9.85. The molecule has 0 aromatic heterocycles. The van der Waals surface area contributed by atoms with Crippen LogP contribution in [0.25, 0.3) is 0 Å². The zero-order valence-corrected chi connectivity index (χ0v) is 13.7. The summed E-state index contributed by atoms with van der Waals surface area (Å²) >= 11 is 0. The third-order valence-corrected chi connectivity index (χ3v) is 4.07. The monoisotopic (exact) mass is 316 g/mol. The molecule has 0 amide bonds. The number of carbonyl (C=O) groups is 2. The Hall–Kier alpha value is -1.02. The molecule has 0 bridgehead atoms. The van der Waals surface area contributed by atoms with Gasteiger partial charge in [0.2, 0.25) is 11.9 Å². The molecular weight excluding hydrogens is 292 g/mol. The molecule has 0 aliphatic carbocycles. The van der Waals surface area contributed by atoms with Crippen LogP contribution in [0.1, 0.15) is 34.1 Å². The first-order chi connectivity index (χ1) is 10.3. The molecule has 2 rings (SSSR count). The minimum atomic E-state index is -1.35. The summed E-state index contributed by atoms with van der Waals surface area (Å²) in [6.45, 7) is 7.21. The van der Waals surface area contributed by atoms with E-state index in [4.69, 9.17) is 23.7 Å². The SMILES string of the molecule is CCOC(=O)[C@@H]1OC(C)(C)O[C@]12O[C@H](C=O)[C@@H](OC)C[C@H]2C. The van der Waals surface area contributed by atoms with Crippen molar-refractivity contribution in [2.75, 3.05) is 13.7 Å². The van der Waals surface area contributed by atoms with Gasteiger partial charge in [-0.3, -0.25) is 0 Å². The molecule has 0 aromatic carbocycles. The first-order valence-corrected chi connectivity index (χ1v) is 7.50. The molecule has 22 heavy (non-hydrogen) atoms. The van der Waals surface area contributed by atoms with Crippen LogP contribution in [0.3, 0.4) is 0 Å². The van der Waals surface area contributed by atoms with Crippen molar-refractivity contribution >= 4 is 12.3 Å². The van der Waals surface area contributed by atoms with Crippen LogP contribution in [0.2, 0.25) is 0 Å². The van der Waals surface area contributed by atoms with Crippen LogP contribution in [0, 0.1) is 5.92 Å². The van der Waals surface area contributed by atoms with Gasteiger partial charge < -0.3 is 28.5 Å². The van der Waals surface area contributed by atoms with Crippen LogP contribution < -0.4 is 0 Å². The molecule has 126 valence electrons. The first kappa shape index (κ1) is 17.3. The summed E-state index contributed by atoms with van der Waals surface area (Å²) in [5.41, 5.74) is 0. The lowest BCUT2D eigenvalue weighted by Crippen LogP contribution is -2.60. The normalized spacial score (nSPS) is 40.6. The van der Waals surface area contributed by atoms with Crippen molar-refractivity contribution in [1.29, 1.82) is 0 Å². The summed E-state index contributed by atoms with van der Waals surface area (Å²) in [6.07, 6.45) is -1.07. The molecule has 0 aromatic rings. The van der Waals surface area contributed by atoms with Crippen LogP contribution in [-0.2, 0) is 33.3 Å². The molecule has 0 radical (unpaired) electrons. The third-order valence-electron chi connectivity index (χ3n) is 4.07. The predicted molar refractivity (Wildman–Crippen MR) is 74.9 cm³/mol. The van der Waals surface area contributed by atoms with Crippen molar-refractivity contribution in [3.63, 3.8) is 0 Å². The van der Waals surface area contributed by atoms with Crippen molar-refractivity contribution < 1.29 is 33.3 Å². The number of ether oxygens (including phenoxy) is 5. The van der Waals surface area contributed by atoms with E-state index in [0.717, 1.165) is 0 Å². The van der Waals surface area contributed by atoms with Crippen molar-refractivity contribution in [3.8, 4) is 0 Å². The number of carbonyl (C=O) groups excluding carboxylic acids is 2. The number of esters is 1. The van der Waals surface area contributed by atoms with Gasteiger partial charge >= 0.3 is 5.97 Å². The maximum atomic E-state index is 12.3. The number of rotatable bonds is 4. The molecule has 1 spiro atoms. The van der Waals surface area contributed by atoms with Crippen LogP contribution >= 0.6 is 0 Å². The van der Waals surface area contributed by atoms with E-state index in [2.05, 4.69) is 0 Å². The molecule has 2 aliphatic rings. The summed E-state index contributed by atoms with van der Waals surface area (Å²) in [6, 6.07) is 0. The topological polar surface area (TPSA) is 80.3 Å². The van der Waals surface area contributed by atoms with Crippen molar-refractivity contribution in [1.82, 2.24) is 0 Å².